The first-order valence-corrected chi connectivity index (χ1v) is 8.11. The number of benzene rings is 1. The molecule has 1 unspecified atom stereocenters. The summed E-state index contributed by atoms with van der Waals surface area (Å²) in [5, 5.41) is 3.31. The Balaban J connectivity index is 0.00000264. The minimum Gasteiger partial charge on any atom is -0.490 e. The van der Waals surface area contributed by atoms with Crippen LogP contribution in [0.5, 0.6) is 11.5 Å². The number of hydrogen-bond acceptors (Lipinski definition) is 4. The number of para-hydroxylation sites is 2. The molecular formula is C17H27ClN2O3. The maximum atomic E-state index is 12.5. The van der Waals surface area contributed by atoms with Crippen molar-refractivity contribution in [1.29, 1.82) is 0 Å². The molecule has 0 spiro atoms. The first-order valence-electron chi connectivity index (χ1n) is 8.11. The SMILES string of the molecule is CCCN(C(=O)COc1ccccc1OCC)C1CCNC1.Cl. The summed E-state index contributed by atoms with van der Waals surface area (Å²) in [4.78, 5) is 14.4. The van der Waals surface area contributed by atoms with Crippen LogP contribution in [0, 0.1) is 0 Å². The molecule has 0 aromatic heterocycles. The number of nitrogens with one attached hydrogen (secondary N) is 1. The zero-order chi connectivity index (χ0) is 15.8. The predicted octanol–water partition coefficient (Wildman–Crippen LogP) is 2.49. The highest BCUT2D eigenvalue weighted by molar-refractivity contribution is 5.85. The largest absolute Gasteiger partial charge is 0.490 e. The highest BCUT2D eigenvalue weighted by Crippen LogP contribution is 2.26. The van der Waals surface area contributed by atoms with Gasteiger partial charge in [0.25, 0.3) is 5.91 Å². The highest BCUT2D eigenvalue weighted by Gasteiger charge is 2.26. The maximum Gasteiger partial charge on any atom is 0.260 e. The molecule has 23 heavy (non-hydrogen) atoms. The molecule has 1 aliphatic rings. The molecule has 1 fully saturated rings. The Morgan fingerprint density at radius 2 is 1.96 bits per heavy atom. The van der Waals surface area contributed by atoms with Crippen LogP contribution in [-0.4, -0.2) is 49.7 Å². The predicted molar refractivity (Wildman–Crippen MR) is 93.6 cm³/mol. The van der Waals surface area contributed by atoms with E-state index in [1.807, 2.05) is 36.1 Å². The molecule has 1 N–H and O–H groups in total. The third-order valence-electron chi connectivity index (χ3n) is 3.76. The Morgan fingerprint density at radius 1 is 1.26 bits per heavy atom. The second-order valence-electron chi connectivity index (χ2n) is 5.40. The molecule has 1 aliphatic heterocycles. The molecule has 6 heteroatoms. The Bertz CT molecular complexity index is 479. The van der Waals surface area contributed by atoms with Crippen LogP contribution in [0.15, 0.2) is 24.3 Å². The fourth-order valence-electron chi connectivity index (χ4n) is 2.72. The van der Waals surface area contributed by atoms with Crippen molar-refractivity contribution in [2.24, 2.45) is 0 Å². The monoisotopic (exact) mass is 342 g/mol. The lowest BCUT2D eigenvalue weighted by Gasteiger charge is -2.28. The van der Waals surface area contributed by atoms with Gasteiger partial charge in [-0.3, -0.25) is 4.79 Å². The van der Waals surface area contributed by atoms with Gasteiger partial charge in [-0.15, -0.1) is 12.4 Å². The number of amides is 1. The van der Waals surface area contributed by atoms with Crippen LogP contribution >= 0.6 is 12.4 Å². The summed E-state index contributed by atoms with van der Waals surface area (Å²) in [5.41, 5.74) is 0. The van der Waals surface area contributed by atoms with Gasteiger partial charge in [-0.2, -0.15) is 0 Å². The third-order valence-corrected chi connectivity index (χ3v) is 3.76. The lowest BCUT2D eigenvalue weighted by atomic mass is 10.2. The topological polar surface area (TPSA) is 50.8 Å². The van der Waals surface area contributed by atoms with Crippen LogP contribution in [-0.2, 0) is 4.79 Å². The number of carbonyl (C=O) groups excluding carboxylic acids is 1. The van der Waals surface area contributed by atoms with Crippen molar-refractivity contribution < 1.29 is 14.3 Å². The molecule has 1 aromatic rings. The highest BCUT2D eigenvalue weighted by atomic mass is 35.5. The van der Waals surface area contributed by atoms with Crippen LogP contribution in [0.3, 0.4) is 0 Å². The lowest BCUT2D eigenvalue weighted by molar-refractivity contribution is -0.135. The van der Waals surface area contributed by atoms with Crippen LogP contribution in [0.1, 0.15) is 26.7 Å². The summed E-state index contributed by atoms with van der Waals surface area (Å²) in [6.45, 7) is 7.28. The molecule has 1 saturated heterocycles. The number of ether oxygens (including phenoxy) is 2. The Morgan fingerprint density at radius 3 is 2.52 bits per heavy atom. The summed E-state index contributed by atoms with van der Waals surface area (Å²) in [6, 6.07) is 7.76. The minimum atomic E-state index is 0. The number of carbonyl (C=O) groups is 1. The molecule has 5 nitrogen and oxygen atoms in total. The number of nitrogens with zero attached hydrogens (tertiary/aromatic N) is 1. The Labute approximate surface area is 144 Å². The second-order valence-corrected chi connectivity index (χ2v) is 5.40. The average Bonchev–Trinajstić information content (AvgIpc) is 3.06. The molecule has 0 aliphatic carbocycles. The molecule has 130 valence electrons. The molecule has 0 bridgehead atoms. The lowest BCUT2D eigenvalue weighted by Crippen LogP contribution is -2.44. The van der Waals surface area contributed by atoms with Gasteiger partial charge in [0, 0.05) is 19.1 Å². The first-order chi connectivity index (χ1) is 10.8. The number of halogens is 1. The molecule has 1 heterocycles. The molecule has 0 saturated carbocycles. The van der Waals surface area contributed by atoms with E-state index in [0.717, 1.165) is 32.5 Å². The van der Waals surface area contributed by atoms with Gasteiger partial charge < -0.3 is 19.7 Å². The zero-order valence-electron chi connectivity index (χ0n) is 13.9. The van der Waals surface area contributed by atoms with Gasteiger partial charge in [-0.1, -0.05) is 19.1 Å². The second kappa shape index (κ2) is 10.3. The van der Waals surface area contributed by atoms with E-state index in [1.165, 1.54) is 0 Å². The summed E-state index contributed by atoms with van der Waals surface area (Å²) in [5.74, 6) is 1.35. The van der Waals surface area contributed by atoms with E-state index >= 15 is 0 Å². The summed E-state index contributed by atoms with van der Waals surface area (Å²) < 4.78 is 11.2. The van der Waals surface area contributed by atoms with Crippen molar-refractivity contribution in [3.05, 3.63) is 24.3 Å². The van der Waals surface area contributed by atoms with E-state index in [1.54, 1.807) is 0 Å². The first kappa shape index (κ1) is 19.6. The van der Waals surface area contributed by atoms with Gasteiger partial charge in [0.1, 0.15) is 0 Å². The molecule has 1 aromatic carbocycles. The molecule has 2 rings (SSSR count). The summed E-state index contributed by atoms with van der Waals surface area (Å²) in [6.07, 6.45) is 1.97. The molecule has 0 radical (unpaired) electrons. The smallest absolute Gasteiger partial charge is 0.260 e. The van der Waals surface area contributed by atoms with Gasteiger partial charge in [0.05, 0.1) is 6.61 Å². The van der Waals surface area contributed by atoms with Gasteiger partial charge in [-0.25, -0.2) is 0 Å². The fraction of sp³-hybridized carbons (Fsp3) is 0.588. The van der Waals surface area contributed by atoms with E-state index in [2.05, 4.69) is 12.2 Å². The fourth-order valence-corrected chi connectivity index (χ4v) is 2.72. The van der Waals surface area contributed by atoms with Gasteiger partial charge in [0.2, 0.25) is 0 Å². The summed E-state index contributed by atoms with van der Waals surface area (Å²) >= 11 is 0. The van der Waals surface area contributed by atoms with Gasteiger partial charge in [0.15, 0.2) is 18.1 Å². The van der Waals surface area contributed by atoms with Crippen molar-refractivity contribution in [3.8, 4) is 11.5 Å². The van der Waals surface area contributed by atoms with Crippen molar-refractivity contribution in [3.63, 3.8) is 0 Å². The van der Waals surface area contributed by atoms with Gasteiger partial charge in [-0.05, 0) is 38.4 Å². The van der Waals surface area contributed by atoms with E-state index < -0.39 is 0 Å². The average molecular weight is 343 g/mol. The molecule has 1 atom stereocenters. The van der Waals surface area contributed by atoms with Crippen LogP contribution < -0.4 is 14.8 Å². The van der Waals surface area contributed by atoms with E-state index in [4.69, 9.17) is 9.47 Å². The van der Waals surface area contributed by atoms with E-state index in [9.17, 15) is 4.79 Å². The Kier molecular flexibility index (Phi) is 8.81. The third kappa shape index (κ3) is 5.59. The van der Waals surface area contributed by atoms with Crippen molar-refractivity contribution in [2.75, 3.05) is 32.8 Å². The normalized spacial score (nSPS) is 16.5. The standard InChI is InChI=1S/C17H26N2O3.ClH/c1-3-11-19(14-9-10-18-12-14)17(20)13-22-16-8-6-5-7-15(16)21-4-2;/h5-8,14,18H,3-4,9-13H2,1-2H3;1H. The summed E-state index contributed by atoms with van der Waals surface area (Å²) in [7, 11) is 0. The van der Waals surface area contributed by atoms with E-state index in [0.29, 0.717) is 18.1 Å². The quantitative estimate of drug-likeness (QED) is 0.788. The van der Waals surface area contributed by atoms with Crippen molar-refractivity contribution >= 4 is 18.3 Å². The Hall–Kier alpha value is -1.46. The van der Waals surface area contributed by atoms with Crippen LogP contribution in [0.25, 0.3) is 0 Å². The van der Waals surface area contributed by atoms with E-state index in [-0.39, 0.29) is 31.0 Å². The van der Waals surface area contributed by atoms with Crippen LogP contribution in [0.2, 0.25) is 0 Å². The van der Waals surface area contributed by atoms with Gasteiger partial charge >= 0.3 is 0 Å². The zero-order valence-corrected chi connectivity index (χ0v) is 14.7. The maximum absolute atomic E-state index is 12.5. The van der Waals surface area contributed by atoms with Crippen molar-refractivity contribution in [2.45, 2.75) is 32.7 Å². The minimum absolute atomic E-state index is 0. The van der Waals surface area contributed by atoms with Crippen LogP contribution in [0.4, 0.5) is 0 Å². The number of rotatable bonds is 8. The number of hydrogen-bond donors (Lipinski definition) is 1. The molecule has 1 amide bonds. The van der Waals surface area contributed by atoms with Crippen molar-refractivity contribution in [1.82, 2.24) is 10.2 Å². The molecular weight excluding hydrogens is 316 g/mol.